The van der Waals surface area contributed by atoms with E-state index in [0.29, 0.717) is 0 Å². The van der Waals surface area contributed by atoms with Crippen LogP contribution in [0.5, 0.6) is 11.5 Å². The van der Waals surface area contributed by atoms with Crippen molar-refractivity contribution in [1.29, 1.82) is 0 Å². The predicted octanol–water partition coefficient (Wildman–Crippen LogP) is 0.820. The Morgan fingerprint density at radius 2 is 2.00 bits per heavy atom. The minimum absolute atomic E-state index is 0.0601. The number of carboxylic acid groups (broad SMARTS) is 1. The molecule has 1 aromatic rings. The second kappa shape index (κ2) is 4.63. The fourth-order valence-corrected chi connectivity index (χ4v) is 1.15. The van der Waals surface area contributed by atoms with Gasteiger partial charge >= 0.3 is 5.97 Å². The Hall–Kier alpha value is -2.08. The topological polar surface area (TPSA) is 104 Å². The number of hydrogen-bond donors (Lipinski definition) is 4. The van der Waals surface area contributed by atoms with E-state index in [1.807, 2.05) is 0 Å². The van der Waals surface area contributed by atoms with Gasteiger partial charge in [-0.25, -0.2) is 4.39 Å². The van der Waals surface area contributed by atoms with Gasteiger partial charge < -0.3 is 21.1 Å². The molecule has 0 bridgehead atoms. The zero-order valence-electron chi connectivity index (χ0n) is 8.09. The minimum atomic E-state index is -1.53. The SMILES string of the molecule is NC(C(=O)O)C(=CF)c1ccc(O)c(O)c1. The number of hydrogen-bond acceptors (Lipinski definition) is 4. The molecule has 0 aliphatic rings. The first-order valence-electron chi connectivity index (χ1n) is 4.28. The summed E-state index contributed by atoms with van der Waals surface area (Å²) in [7, 11) is 0. The summed E-state index contributed by atoms with van der Waals surface area (Å²) in [6, 6.07) is 1.86. The molecule has 1 atom stereocenters. The van der Waals surface area contributed by atoms with Gasteiger partial charge in [0.25, 0.3) is 0 Å². The number of carboxylic acids is 1. The van der Waals surface area contributed by atoms with Gasteiger partial charge in [0.2, 0.25) is 0 Å². The smallest absolute Gasteiger partial charge is 0.325 e. The summed E-state index contributed by atoms with van der Waals surface area (Å²) < 4.78 is 12.5. The molecule has 0 aliphatic heterocycles. The van der Waals surface area contributed by atoms with Crippen LogP contribution in [0.3, 0.4) is 0 Å². The van der Waals surface area contributed by atoms with Gasteiger partial charge in [-0.1, -0.05) is 6.07 Å². The van der Waals surface area contributed by atoms with Crippen LogP contribution in [0, 0.1) is 0 Å². The number of carbonyl (C=O) groups is 1. The van der Waals surface area contributed by atoms with E-state index in [-0.39, 0.29) is 23.2 Å². The first-order chi connectivity index (χ1) is 7.47. The molecule has 0 saturated carbocycles. The van der Waals surface area contributed by atoms with Crippen molar-refractivity contribution >= 4 is 11.5 Å². The van der Waals surface area contributed by atoms with Crippen LogP contribution in [0.2, 0.25) is 0 Å². The Labute approximate surface area is 90.3 Å². The van der Waals surface area contributed by atoms with E-state index in [2.05, 4.69) is 0 Å². The van der Waals surface area contributed by atoms with Crippen molar-refractivity contribution in [2.45, 2.75) is 6.04 Å². The Morgan fingerprint density at radius 1 is 1.38 bits per heavy atom. The first kappa shape index (κ1) is 12.0. The maximum absolute atomic E-state index is 12.5. The molecule has 1 rings (SSSR count). The highest BCUT2D eigenvalue weighted by Crippen LogP contribution is 2.29. The average Bonchev–Trinajstić information content (AvgIpc) is 2.24. The lowest BCUT2D eigenvalue weighted by Crippen LogP contribution is -2.31. The lowest BCUT2D eigenvalue weighted by molar-refractivity contribution is -0.137. The van der Waals surface area contributed by atoms with Crippen molar-refractivity contribution in [3.8, 4) is 11.5 Å². The summed E-state index contributed by atoms with van der Waals surface area (Å²) in [5, 5.41) is 26.8. The van der Waals surface area contributed by atoms with Crippen molar-refractivity contribution in [3.63, 3.8) is 0 Å². The Balaban J connectivity index is 3.15. The molecular formula is C10H10FNO4. The predicted molar refractivity (Wildman–Crippen MR) is 54.5 cm³/mol. The normalized spacial score (nSPS) is 13.5. The number of phenolic OH excluding ortho intramolecular Hbond substituents is 2. The van der Waals surface area contributed by atoms with E-state index < -0.39 is 17.8 Å². The molecule has 0 heterocycles. The number of phenols is 2. The molecule has 0 aliphatic carbocycles. The van der Waals surface area contributed by atoms with Gasteiger partial charge in [0.1, 0.15) is 6.04 Å². The lowest BCUT2D eigenvalue weighted by atomic mass is 10.0. The molecule has 1 aromatic carbocycles. The summed E-state index contributed by atoms with van der Waals surface area (Å²) >= 11 is 0. The van der Waals surface area contributed by atoms with Crippen molar-refractivity contribution < 1.29 is 24.5 Å². The minimum Gasteiger partial charge on any atom is -0.504 e. The molecule has 16 heavy (non-hydrogen) atoms. The van der Waals surface area contributed by atoms with Gasteiger partial charge in [-0.15, -0.1) is 0 Å². The van der Waals surface area contributed by atoms with Gasteiger partial charge in [0.05, 0.1) is 6.33 Å². The number of nitrogens with two attached hydrogens (primary N) is 1. The van der Waals surface area contributed by atoms with Gasteiger partial charge in [0.15, 0.2) is 11.5 Å². The molecule has 0 fully saturated rings. The quantitative estimate of drug-likeness (QED) is 0.572. The number of aliphatic carboxylic acids is 1. The summed E-state index contributed by atoms with van der Waals surface area (Å²) in [6.45, 7) is 0. The Bertz CT molecular complexity index is 444. The molecule has 0 amide bonds. The van der Waals surface area contributed by atoms with Gasteiger partial charge in [-0.2, -0.15) is 0 Å². The molecule has 0 radical (unpaired) electrons. The molecule has 6 heteroatoms. The van der Waals surface area contributed by atoms with Crippen molar-refractivity contribution in [1.82, 2.24) is 0 Å². The summed E-state index contributed by atoms with van der Waals surface area (Å²) in [5.41, 5.74) is 5.04. The molecule has 5 nitrogen and oxygen atoms in total. The van der Waals surface area contributed by atoms with Crippen molar-refractivity contribution in [2.75, 3.05) is 0 Å². The number of halogens is 1. The maximum atomic E-state index is 12.5. The highest BCUT2D eigenvalue weighted by atomic mass is 19.1. The molecular weight excluding hydrogens is 217 g/mol. The monoisotopic (exact) mass is 227 g/mol. The summed E-state index contributed by atoms with van der Waals surface area (Å²) in [4.78, 5) is 10.6. The number of aromatic hydroxyl groups is 2. The summed E-state index contributed by atoms with van der Waals surface area (Å²) in [6.07, 6.45) is 0.0601. The third kappa shape index (κ3) is 2.29. The van der Waals surface area contributed by atoms with Crippen molar-refractivity contribution in [3.05, 3.63) is 30.1 Å². The van der Waals surface area contributed by atoms with Crippen LogP contribution in [-0.2, 0) is 4.79 Å². The van der Waals surface area contributed by atoms with Crippen LogP contribution >= 0.6 is 0 Å². The van der Waals surface area contributed by atoms with Gasteiger partial charge in [-0.05, 0) is 17.7 Å². The van der Waals surface area contributed by atoms with E-state index in [4.69, 9.17) is 15.9 Å². The molecule has 86 valence electrons. The molecule has 0 spiro atoms. The van der Waals surface area contributed by atoms with E-state index >= 15 is 0 Å². The standard InChI is InChI=1S/C10H10FNO4/c11-4-6(9(12)10(15)16)5-1-2-7(13)8(14)3-5/h1-4,9,13-14H,12H2,(H,15,16). The molecule has 1 unspecified atom stereocenters. The van der Waals surface area contributed by atoms with Crippen LogP contribution in [0.1, 0.15) is 5.56 Å². The highest BCUT2D eigenvalue weighted by molar-refractivity contribution is 5.91. The number of rotatable bonds is 3. The van der Waals surface area contributed by atoms with E-state index in [1.54, 1.807) is 0 Å². The second-order valence-corrected chi connectivity index (χ2v) is 3.08. The number of benzene rings is 1. The molecule has 0 aromatic heterocycles. The van der Waals surface area contributed by atoms with E-state index in [0.717, 1.165) is 12.1 Å². The third-order valence-corrected chi connectivity index (χ3v) is 2.03. The molecule has 0 saturated heterocycles. The van der Waals surface area contributed by atoms with Crippen LogP contribution in [0.15, 0.2) is 24.5 Å². The Morgan fingerprint density at radius 3 is 2.44 bits per heavy atom. The first-order valence-corrected chi connectivity index (χ1v) is 4.28. The third-order valence-electron chi connectivity index (χ3n) is 2.03. The van der Waals surface area contributed by atoms with Crippen LogP contribution < -0.4 is 5.73 Å². The highest BCUT2D eigenvalue weighted by Gasteiger charge is 2.19. The molecule has 5 N–H and O–H groups in total. The summed E-state index contributed by atoms with van der Waals surface area (Å²) in [5.74, 6) is -2.25. The van der Waals surface area contributed by atoms with Crippen LogP contribution in [0.25, 0.3) is 5.57 Å². The zero-order valence-corrected chi connectivity index (χ0v) is 8.09. The lowest BCUT2D eigenvalue weighted by Gasteiger charge is -2.11. The fourth-order valence-electron chi connectivity index (χ4n) is 1.15. The fraction of sp³-hybridized carbons (Fsp3) is 0.100. The van der Waals surface area contributed by atoms with Crippen molar-refractivity contribution in [2.24, 2.45) is 5.73 Å². The Kier molecular flexibility index (Phi) is 3.47. The second-order valence-electron chi connectivity index (χ2n) is 3.08. The van der Waals surface area contributed by atoms with Gasteiger partial charge in [-0.3, -0.25) is 4.79 Å². The van der Waals surface area contributed by atoms with Crippen LogP contribution in [-0.4, -0.2) is 27.3 Å². The van der Waals surface area contributed by atoms with Gasteiger partial charge in [0, 0.05) is 5.57 Å². The zero-order chi connectivity index (χ0) is 12.3. The average molecular weight is 227 g/mol. The maximum Gasteiger partial charge on any atom is 0.325 e. The van der Waals surface area contributed by atoms with E-state index in [1.165, 1.54) is 6.07 Å². The van der Waals surface area contributed by atoms with Crippen LogP contribution in [0.4, 0.5) is 4.39 Å². The largest absolute Gasteiger partial charge is 0.504 e. The van der Waals surface area contributed by atoms with E-state index in [9.17, 15) is 14.3 Å².